The summed E-state index contributed by atoms with van der Waals surface area (Å²) >= 11 is 0. The maximum absolute atomic E-state index is 12.3. The molecule has 1 N–H and O–H groups in total. The van der Waals surface area contributed by atoms with Gasteiger partial charge >= 0.3 is 0 Å². The normalized spacial score (nSPS) is 13.2. The lowest BCUT2D eigenvalue weighted by molar-refractivity contribution is -0.117. The molecule has 0 aromatic heterocycles. The van der Waals surface area contributed by atoms with Crippen LogP contribution < -0.4 is 5.32 Å². The Kier molecular flexibility index (Phi) is 5.96. The average molecular weight is 348 g/mol. The van der Waals surface area contributed by atoms with Gasteiger partial charge in [-0.15, -0.1) is 0 Å². The number of fused-ring (bicyclic) bond motifs is 1. The van der Waals surface area contributed by atoms with E-state index in [9.17, 15) is 13.2 Å². The molecule has 5 nitrogen and oxygen atoms in total. The van der Waals surface area contributed by atoms with Gasteiger partial charge in [-0.05, 0) is 25.4 Å². The number of sulfone groups is 1. The van der Waals surface area contributed by atoms with Crippen LogP contribution in [0.3, 0.4) is 0 Å². The molecule has 0 heterocycles. The van der Waals surface area contributed by atoms with Crippen LogP contribution in [0, 0.1) is 0 Å². The van der Waals surface area contributed by atoms with E-state index in [0.29, 0.717) is 0 Å². The van der Waals surface area contributed by atoms with E-state index in [2.05, 4.69) is 5.32 Å². The van der Waals surface area contributed by atoms with Crippen molar-refractivity contribution in [3.8, 4) is 0 Å². The second-order valence-corrected chi connectivity index (χ2v) is 8.44. The Labute approximate surface area is 143 Å². The highest BCUT2D eigenvalue weighted by Crippen LogP contribution is 2.22. The molecule has 1 atom stereocenters. The molecule has 0 aliphatic rings. The third kappa shape index (κ3) is 4.79. The molecule has 0 aliphatic heterocycles. The van der Waals surface area contributed by atoms with Crippen LogP contribution in [0.25, 0.3) is 10.8 Å². The zero-order valence-corrected chi connectivity index (χ0v) is 15.1. The number of amides is 1. The van der Waals surface area contributed by atoms with E-state index in [4.69, 9.17) is 0 Å². The zero-order chi connectivity index (χ0) is 17.7. The van der Waals surface area contributed by atoms with E-state index < -0.39 is 9.84 Å². The number of benzene rings is 2. The van der Waals surface area contributed by atoms with Gasteiger partial charge in [-0.2, -0.15) is 0 Å². The highest BCUT2D eigenvalue weighted by molar-refractivity contribution is 7.91. The molecule has 0 aliphatic carbocycles. The Hall–Kier alpha value is -1.92. The molecular formula is C18H24N2O3S. The summed E-state index contributed by atoms with van der Waals surface area (Å²) in [7, 11) is -1.30. The highest BCUT2D eigenvalue weighted by atomic mass is 32.2. The van der Waals surface area contributed by atoms with Gasteiger partial charge in [0.15, 0.2) is 9.84 Å². The Bertz CT molecular complexity index is 813. The van der Waals surface area contributed by atoms with E-state index in [-0.39, 0.29) is 30.0 Å². The van der Waals surface area contributed by atoms with E-state index in [1.807, 2.05) is 49.4 Å². The van der Waals surface area contributed by atoms with E-state index >= 15 is 0 Å². The monoisotopic (exact) mass is 348 g/mol. The number of likely N-dealkylation sites (N-methyl/N-ethyl adjacent to an activating group) is 1. The highest BCUT2D eigenvalue weighted by Gasteiger charge is 2.19. The van der Waals surface area contributed by atoms with Crippen molar-refractivity contribution in [2.24, 2.45) is 0 Å². The van der Waals surface area contributed by atoms with Gasteiger partial charge in [-0.1, -0.05) is 43.3 Å². The van der Waals surface area contributed by atoms with Gasteiger partial charge in [0, 0.05) is 22.9 Å². The van der Waals surface area contributed by atoms with Crippen molar-refractivity contribution >= 4 is 32.2 Å². The largest absolute Gasteiger partial charge is 0.324 e. The lowest BCUT2D eigenvalue weighted by Crippen LogP contribution is -2.40. The van der Waals surface area contributed by atoms with Crippen molar-refractivity contribution < 1.29 is 13.2 Å². The molecule has 1 unspecified atom stereocenters. The summed E-state index contributed by atoms with van der Waals surface area (Å²) in [6.45, 7) is 3.59. The van der Waals surface area contributed by atoms with Crippen LogP contribution in [0.5, 0.6) is 0 Å². The van der Waals surface area contributed by atoms with Gasteiger partial charge in [-0.3, -0.25) is 9.69 Å². The predicted octanol–water partition coefficient (Wildman–Crippen LogP) is 2.53. The van der Waals surface area contributed by atoms with Crippen LogP contribution in [0.4, 0.5) is 5.69 Å². The molecule has 6 heteroatoms. The maximum atomic E-state index is 12.3. The first-order valence-electron chi connectivity index (χ1n) is 8.00. The van der Waals surface area contributed by atoms with Crippen LogP contribution in [0.2, 0.25) is 0 Å². The molecule has 0 bridgehead atoms. The van der Waals surface area contributed by atoms with Crippen molar-refractivity contribution in [1.29, 1.82) is 0 Å². The minimum Gasteiger partial charge on any atom is -0.324 e. The fraction of sp³-hybridized carbons (Fsp3) is 0.389. The SMILES string of the molecule is CCS(=O)(=O)CC(C)N(C)CC(=O)Nc1cccc2ccccc12. The number of rotatable bonds is 7. The molecule has 0 spiro atoms. The van der Waals surface area contributed by atoms with Gasteiger partial charge < -0.3 is 5.32 Å². The Balaban J connectivity index is 2.02. The van der Waals surface area contributed by atoms with Gasteiger partial charge in [0.1, 0.15) is 0 Å². The topological polar surface area (TPSA) is 66.5 Å². The summed E-state index contributed by atoms with van der Waals surface area (Å²) < 4.78 is 23.4. The van der Waals surface area contributed by atoms with Crippen LogP contribution in [0.1, 0.15) is 13.8 Å². The Morgan fingerprint density at radius 1 is 1.17 bits per heavy atom. The first-order valence-corrected chi connectivity index (χ1v) is 9.83. The lowest BCUT2D eigenvalue weighted by Gasteiger charge is -2.23. The molecule has 0 saturated carbocycles. The lowest BCUT2D eigenvalue weighted by atomic mass is 10.1. The van der Waals surface area contributed by atoms with E-state index in [1.165, 1.54) is 0 Å². The third-order valence-corrected chi connectivity index (χ3v) is 6.01. The summed E-state index contributed by atoms with van der Waals surface area (Å²) in [5.74, 6) is 0.0177. The molecule has 24 heavy (non-hydrogen) atoms. The second-order valence-electron chi connectivity index (χ2n) is 6.04. The quantitative estimate of drug-likeness (QED) is 0.835. The van der Waals surface area contributed by atoms with Crippen LogP contribution in [-0.4, -0.2) is 50.4 Å². The minimum atomic E-state index is -3.06. The molecule has 2 aromatic rings. The smallest absolute Gasteiger partial charge is 0.238 e. The van der Waals surface area contributed by atoms with E-state index in [1.54, 1.807) is 18.9 Å². The first kappa shape index (κ1) is 18.4. The van der Waals surface area contributed by atoms with Gasteiger partial charge in [0.05, 0.1) is 12.3 Å². The number of hydrogen-bond acceptors (Lipinski definition) is 4. The third-order valence-electron chi connectivity index (χ3n) is 4.14. The molecule has 0 radical (unpaired) electrons. The molecular weight excluding hydrogens is 324 g/mol. The summed E-state index contributed by atoms with van der Waals surface area (Å²) in [5.41, 5.74) is 0.764. The maximum Gasteiger partial charge on any atom is 0.238 e. The number of carbonyl (C=O) groups is 1. The summed E-state index contributed by atoms with van der Waals surface area (Å²) in [4.78, 5) is 14.1. The molecule has 0 fully saturated rings. The van der Waals surface area contributed by atoms with Crippen molar-refractivity contribution in [3.05, 3.63) is 42.5 Å². The number of carbonyl (C=O) groups excluding carboxylic acids is 1. The second kappa shape index (κ2) is 7.77. The van der Waals surface area contributed by atoms with Gasteiger partial charge in [0.25, 0.3) is 0 Å². The predicted molar refractivity (Wildman–Crippen MR) is 99.0 cm³/mol. The fourth-order valence-electron chi connectivity index (χ4n) is 2.52. The molecule has 2 rings (SSSR count). The van der Waals surface area contributed by atoms with Crippen molar-refractivity contribution in [2.75, 3.05) is 30.4 Å². The molecule has 2 aromatic carbocycles. The van der Waals surface area contributed by atoms with Crippen molar-refractivity contribution in [3.63, 3.8) is 0 Å². The summed E-state index contributed by atoms with van der Waals surface area (Å²) in [6, 6.07) is 13.4. The first-order chi connectivity index (χ1) is 11.3. The standard InChI is InChI=1S/C18H24N2O3S/c1-4-24(22,23)13-14(2)20(3)12-18(21)19-17-11-7-9-15-8-5-6-10-16(15)17/h5-11,14H,4,12-13H2,1-3H3,(H,19,21). The van der Waals surface area contributed by atoms with Crippen molar-refractivity contribution in [2.45, 2.75) is 19.9 Å². The average Bonchev–Trinajstić information content (AvgIpc) is 2.54. The Morgan fingerprint density at radius 2 is 1.83 bits per heavy atom. The molecule has 0 saturated heterocycles. The molecule has 130 valence electrons. The molecule has 1 amide bonds. The zero-order valence-electron chi connectivity index (χ0n) is 14.3. The van der Waals surface area contributed by atoms with Gasteiger partial charge in [-0.25, -0.2) is 8.42 Å². The van der Waals surface area contributed by atoms with Gasteiger partial charge in [0.2, 0.25) is 5.91 Å². The van der Waals surface area contributed by atoms with Crippen LogP contribution in [0.15, 0.2) is 42.5 Å². The van der Waals surface area contributed by atoms with Crippen LogP contribution in [-0.2, 0) is 14.6 Å². The van der Waals surface area contributed by atoms with Crippen molar-refractivity contribution in [1.82, 2.24) is 4.90 Å². The van der Waals surface area contributed by atoms with Crippen LogP contribution >= 0.6 is 0 Å². The van der Waals surface area contributed by atoms with E-state index in [0.717, 1.165) is 16.5 Å². The number of nitrogens with zero attached hydrogens (tertiary/aromatic N) is 1. The Morgan fingerprint density at radius 3 is 2.54 bits per heavy atom. The number of anilines is 1. The summed E-state index contributed by atoms with van der Waals surface area (Å²) in [5, 5.41) is 4.96. The number of hydrogen-bond donors (Lipinski definition) is 1. The summed E-state index contributed by atoms with van der Waals surface area (Å²) in [6.07, 6.45) is 0. The number of nitrogens with one attached hydrogen (secondary N) is 1. The fourth-order valence-corrected chi connectivity index (χ4v) is 3.74. The minimum absolute atomic E-state index is 0.0571.